The maximum atomic E-state index is 11.2. The Bertz CT molecular complexity index is 446. The molecule has 0 aliphatic rings. The van der Waals surface area contributed by atoms with Gasteiger partial charge in [-0.2, -0.15) is 0 Å². The highest BCUT2D eigenvalue weighted by molar-refractivity contribution is 5.99. The van der Waals surface area contributed by atoms with Gasteiger partial charge in [0.15, 0.2) is 0 Å². The SMILES string of the molecule is NC(=O)CCCCNc1ccc(N)cc1C(N)=O. The number of nitrogen functional groups attached to an aromatic ring is 1. The predicted octanol–water partition coefficient (Wildman–Crippen LogP) is 0.435. The number of rotatable bonds is 7. The molecule has 98 valence electrons. The van der Waals surface area contributed by atoms with E-state index < -0.39 is 5.91 Å². The number of primary amides is 2. The zero-order valence-electron chi connectivity index (χ0n) is 10.1. The number of anilines is 2. The van der Waals surface area contributed by atoms with Gasteiger partial charge in [-0.25, -0.2) is 0 Å². The first-order chi connectivity index (χ1) is 8.50. The zero-order chi connectivity index (χ0) is 13.5. The normalized spacial score (nSPS) is 10.0. The fourth-order valence-electron chi connectivity index (χ4n) is 1.57. The van der Waals surface area contributed by atoms with Crippen molar-refractivity contribution in [3.63, 3.8) is 0 Å². The topological polar surface area (TPSA) is 124 Å². The lowest BCUT2D eigenvalue weighted by Gasteiger charge is -2.10. The Balaban J connectivity index is 2.51. The van der Waals surface area contributed by atoms with Crippen molar-refractivity contribution in [2.75, 3.05) is 17.6 Å². The average molecular weight is 250 g/mol. The van der Waals surface area contributed by atoms with Crippen molar-refractivity contribution < 1.29 is 9.59 Å². The molecule has 0 heterocycles. The van der Waals surface area contributed by atoms with Gasteiger partial charge in [0.05, 0.1) is 5.56 Å². The summed E-state index contributed by atoms with van der Waals surface area (Å²) in [7, 11) is 0. The van der Waals surface area contributed by atoms with Gasteiger partial charge in [-0.15, -0.1) is 0 Å². The van der Waals surface area contributed by atoms with Gasteiger partial charge >= 0.3 is 0 Å². The van der Waals surface area contributed by atoms with Gasteiger partial charge in [0.1, 0.15) is 0 Å². The third-order valence-corrected chi connectivity index (χ3v) is 2.47. The van der Waals surface area contributed by atoms with E-state index in [1.165, 1.54) is 6.07 Å². The van der Waals surface area contributed by atoms with Crippen LogP contribution in [0.1, 0.15) is 29.6 Å². The molecule has 0 radical (unpaired) electrons. The lowest BCUT2D eigenvalue weighted by molar-refractivity contribution is -0.118. The van der Waals surface area contributed by atoms with E-state index in [9.17, 15) is 9.59 Å². The van der Waals surface area contributed by atoms with Crippen LogP contribution in [0.25, 0.3) is 0 Å². The Morgan fingerprint density at radius 1 is 1.17 bits per heavy atom. The standard InChI is InChI=1S/C12H18N4O2/c13-8-4-5-10(9(7-8)12(15)18)16-6-2-1-3-11(14)17/h4-5,7,16H,1-3,6,13H2,(H2,14,17)(H2,15,18). The number of carbonyl (C=O) groups is 2. The van der Waals surface area contributed by atoms with Crippen molar-refractivity contribution in [3.8, 4) is 0 Å². The molecule has 2 amide bonds. The number of hydrogen-bond acceptors (Lipinski definition) is 4. The molecule has 0 bridgehead atoms. The highest BCUT2D eigenvalue weighted by atomic mass is 16.1. The average Bonchev–Trinajstić information content (AvgIpc) is 2.29. The molecule has 0 atom stereocenters. The third kappa shape index (κ3) is 4.32. The highest BCUT2D eigenvalue weighted by Gasteiger charge is 2.07. The van der Waals surface area contributed by atoms with Gasteiger partial charge in [0, 0.05) is 24.3 Å². The Morgan fingerprint density at radius 2 is 1.89 bits per heavy atom. The van der Waals surface area contributed by atoms with Crippen molar-refractivity contribution in [1.29, 1.82) is 0 Å². The van der Waals surface area contributed by atoms with Crippen LogP contribution < -0.4 is 22.5 Å². The number of amides is 2. The van der Waals surface area contributed by atoms with E-state index in [1.807, 2.05) is 0 Å². The van der Waals surface area contributed by atoms with Gasteiger partial charge in [0.2, 0.25) is 5.91 Å². The van der Waals surface area contributed by atoms with Crippen molar-refractivity contribution >= 4 is 23.2 Å². The van der Waals surface area contributed by atoms with Gasteiger partial charge in [-0.05, 0) is 31.0 Å². The molecule has 0 spiro atoms. The van der Waals surface area contributed by atoms with E-state index >= 15 is 0 Å². The number of carbonyl (C=O) groups excluding carboxylic acids is 2. The van der Waals surface area contributed by atoms with Crippen molar-refractivity contribution in [3.05, 3.63) is 23.8 Å². The molecule has 7 N–H and O–H groups in total. The van der Waals surface area contributed by atoms with Crippen LogP contribution in [0.15, 0.2) is 18.2 Å². The minimum atomic E-state index is -0.526. The molecular formula is C12H18N4O2. The van der Waals surface area contributed by atoms with Crippen LogP contribution in [0.3, 0.4) is 0 Å². The summed E-state index contributed by atoms with van der Waals surface area (Å²) in [5, 5.41) is 3.09. The highest BCUT2D eigenvalue weighted by Crippen LogP contribution is 2.18. The van der Waals surface area contributed by atoms with Crippen LogP contribution in [0, 0.1) is 0 Å². The summed E-state index contributed by atoms with van der Waals surface area (Å²) in [5.74, 6) is -0.831. The molecule has 18 heavy (non-hydrogen) atoms. The summed E-state index contributed by atoms with van der Waals surface area (Å²) in [5.41, 5.74) is 17.4. The predicted molar refractivity (Wildman–Crippen MR) is 70.9 cm³/mol. The largest absolute Gasteiger partial charge is 0.399 e. The summed E-state index contributed by atoms with van der Waals surface area (Å²) in [6.07, 6.45) is 1.86. The van der Waals surface area contributed by atoms with Gasteiger partial charge in [0.25, 0.3) is 5.91 Å². The van der Waals surface area contributed by atoms with E-state index in [4.69, 9.17) is 17.2 Å². The van der Waals surface area contributed by atoms with Gasteiger partial charge in [-0.3, -0.25) is 9.59 Å². The molecule has 0 saturated heterocycles. The molecule has 0 aliphatic heterocycles. The number of benzene rings is 1. The summed E-state index contributed by atoms with van der Waals surface area (Å²) >= 11 is 0. The zero-order valence-corrected chi connectivity index (χ0v) is 10.1. The first-order valence-corrected chi connectivity index (χ1v) is 5.72. The second-order valence-electron chi connectivity index (χ2n) is 4.02. The van der Waals surface area contributed by atoms with Crippen LogP contribution in [0.5, 0.6) is 0 Å². The second-order valence-corrected chi connectivity index (χ2v) is 4.02. The monoisotopic (exact) mass is 250 g/mol. The molecule has 1 aromatic carbocycles. The molecule has 0 saturated carbocycles. The van der Waals surface area contributed by atoms with E-state index in [0.717, 1.165) is 6.42 Å². The number of hydrogen-bond donors (Lipinski definition) is 4. The number of nitrogens with one attached hydrogen (secondary N) is 1. The van der Waals surface area contributed by atoms with E-state index in [2.05, 4.69) is 5.32 Å². The summed E-state index contributed by atoms with van der Waals surface area (Å²) in [6.45, 7) is 0.636. The Labute approximate surface area is 106 Å². The minimum Gasteiger partial charge on any atom is -0.399 e. The van der Waals surface area contributed by atoms with Gasteiger partial charge in [-0.1, -0.05) is 0 Å². The van der Waals surface area contributed by atoms with Crippen LogP contribution >= 0.6 is 0 Å². The summed E-state index contributed by atoms with van der Waals surface area (Å²) in [4.78, 5) is 21.8. The van der Waals surface area contributed by atoms with E-state index in [-0.39, 0.29) is 5.91 Å². The number of unbranched alkanes of at least 4 members (excludes halogenated alkanes) is 1. The molecule has 0 unspecified atom stereocenters. The second kappa shape index (κ2) is 6.48. The van der Waals surface area contributed by atoms with Gasteiger partial charge < -0.3 is 22.5 Å². The number of nitrogens with two attached hydrogens (primary N) is 3. The van der Waals surface area contributed by atoms with E-state index in [1.54, 1.807) is 12.1 Å². The summed E-state index contributed by atoms with van der Waals surface area (Å²) in [6, 6.07) is 4.94. The molecule has 6 nitrogen and oxygen atoms in total. The molecule has 0 aromatic heterocycles. The van der Waals surface area contributed by atoms with Crippen LogP contribution in [-0.4, -0.2) is 18.4 Å². The third-order valence-electron chi connectivity index (χ3n) is 2.47. The van der Waals surface area contributed by atoms with Crippen molar-refractivity contribution in [1.82, 2.24) is 0 Å². The van der Waals surface area contributed by atoms with Crippen LogP contribution in [-0.2, 0) is 4.79 Å². The minimum absolute atomic E-state index is 0.305. The van der Waals surface area contributed by atoms with Crippen LogP contribution in [0.4, 0.5) is 11.4 Å². The van der Waals surface area contributed by atoms with E-state index in [0.29, 0.717) is 36.3 Å². The first kappa shape index (κ1) is 13.8. The molecule has 6 heteroatoms. The molecule has 0 fully saturated rings. The Morgan fingerprint density at radius 3 is 2.50 bits per heavy atom. The Hall–Kier alpha value is -2.24. The maximum absolute atomic E-state index is 11.2. The fourth-order valence-corrected chi connectivity index (χ4v) is 1.57. The lowest BCUT2D eigenvalue weighted by Crippen LogP contribution is -2.15. The Kier molecular flexibility index (Phi) is 4.98. The first-order valence-electron chi connectivity index (χ1n) is 5.72. The quantitative estimate of drug-likeness (QED) is 0.414. The smallest absolute Gasteiger partial charge is 0.250 e. The molecule has 1 rings (SSSR count). The lowest BCUT2D eigenvalue weighted by atomic mass is 10.1. The molecular weight excluding hydrogens is 232 g/mol. The molecule has 1 aromatic rings. The van der Waals surface area contributed by atoms with Crippen LogP contribution in [0.2, 0.25) is 0 Å². The molecule has 0 aliphatic carbocycles. The fraction of sp³-hybridized carbons (Fsp3) is 0.333. The summed E-state index contributed by atoms with van der Waals surface area (Å²) < 4.78 is 0. The van der Waals surface area contributed by atoms with Crippen molar-refractivity contribution in [2.24, 2.45) is 11.5 Å². The maximum Gasteiger partial charge on any atom is 0.250 e. The van der Waals surface area contributed by atoms with Crippen molar-refractivity contribution in [2.45, 2.75) is 19.3 Å².